The first kappa shape index (κ1) is 22.2. The smallest absolute Gasteiger partial charge is 0.251 e. The quantitative estimate of drug-likeness (QED) is 0.472. The number of anilines is 2. The molecule has 2 aromatic rings. The SMILES string of the molecule is COCCNC(=O)c1ccc(NC(=O)CNc2ccc(OCCOC)cc2)cc1. The molecule has 2 rings (SSSR count). The van der Waals surface area contributed by atoms with Crippen LogP contribution in [0.25, 0.3) is 0 Å². The normalized spacial score (nSPS) is 10.3. The summed E-state index contributed by atoms with van der Waals surface area (Å²) in [5.74, 6) is 0.363. The molecule has 0 aliphatic rings. The van der Waals surface area contributed by atoms with Gasteiger partial charge in [-0.25, -0.2) is 0 Å². The third-order valence-corrected chi connectivity index (χ3v) is 3.89. The van der Waals surface area contributed by atoms with Crippen LogP contribution >= 0.6 is 0 Å². The molecule has 0 unspecified atom stereocenters. The fraction of sp³-hybridized carbons (Fsp3) is 0.333. The molecule has 0 saturated heterocycles. The van der Waals surface area contributed by atoms with Gasteiger partial charge in [0.1, 0.15) is 12.4 Å². The number of methoxy groups -OCH3 is 2. The second kappa shape index (κ2) is 12.4. The molecule has 0 aromatic heterocycles. The van der Waals surface area contributed by atoms with E-state index in [0.717, 1.165) is 11.4 Å². The van der Waals surface area contributed by atoms with Crippen molar-refractivity contribution >= 4 is 23.2 Å². The Labute approximate surface area is 170 Å². The predicted molar refractivity (Wildman–Crippen MR) is 112 cm³/mol. The second-order valence-corrected chi connectivity index (χ2v) is 6.09. The standard InChI is InChI=1S/C21H27N3O5/c1-27-12-11-22-21(26)16-3-5-18(6-4-16)24-20(25)15-23-17-7-9-19(10-8-17)29-14-13-28-2/h3-10,23H,11-15H2,1-2H3,(H,22,26)(H,24,25). The van der Waals surface area contributed by atoms with Crippen LogP contribution in [0.5, 0.6) is 5.75 Å². The Hall–Kier alpha value is -3.10. The Bertz CT molecular complexity index is 763. The first-order valence-corrected chi connectivity index (χ1v) is 9.25. The molecule has 8 nitrogen and oxygen atoms in total. The summed E-state index contributed by atoms with van der Waals surface area (Å²) in [6, 6.07) is 14.0. The summed E-state index contributed by atoms with van der Waals surface area (Å²) in [6.07, 6.45) is 0. The fourth-order valence-electron chi connectivity index (χ4n) is 2.37. The van der Waals surface area contributed by atoms with Gasteiger partial charge in [-0.1, -0.05) is 0 Å². The average molecular weight is 401 g/mol. The lowest BCUT2D eigenvalue weighted by atomic mass is 10.2. The van der Waals surface area contributed by atoms with Crippen LogP contribution in [0.15, 0.2) is 48.5 Å². The molecule has 0 bridgehead atoms. The summed E-state index contributed by atoms with van der Waals surface area (Å²) in [5, 5.41) is 8.57. The van der Waals surface area contributed by atoms with Gasteiger partial charge in [0.15, 0.2) is 0 Å². The summed E-state index contributed by atoms with van der Waals surface area (Å²) >= 11 is 0. The van der Waals surface area contributed by atoms with E-state index in [1.54, 1.807) is 38.5 Å². The Morgan fingerprint density at radius 2 is 1.48 bits per heavy atom. The Morgan fingerprint density at radius 1 is 0.828 bits per heavy atom. The first-order valence-electron chi connectivity index (χ1n) is 9.25. The Morgan fingerprint density at radius 3 is 2.14 bits per heavy atom. The number of amides is 2. The fourth-order valence-corrected chi connectivity index (χ4v) is 2.37. The van der Waals surface area contributed by atoms with Gasteiger partial charge >= 0.3 is 0 Å². The van der Waals surface area contributed by atoms with Crippen molar-refractivity contribution in [3.63, 3.8) is 0 Å². The average Bonchev–Trinajstić information content (AvgIpc) is 2.74. The van der Waals surface area contributed by atoms with Crippen LogP contribution in [0.3, 0.4) is 0 Å². The minimum absolute atomic E-state index is 0.114. The number of rotatable bonds is 12. The lowest BCUT2D eigenvalue weighted by Gasteiger charge is -2.10. The zero-order valence-corrected chi connectivity index (χ0v) is 16.7. The molecule has 0 aliphatic carbocycles. The molecular formula is C21H27N3O5. The van der Waals surface area contributed by atoms with Crippen LogP contribution in [-0.4, -0.2) is 58.9 Å². The molecule has 0 heterocycles. The third-order valence-electron chi connectivity index (χ3n) is 3.89. The molecular weight excluding hydrogens is 374 g/mol. The van der Waals surface area contributed by atoms with Crippen LogP contribution in [0.1, 0.15) is 10.4 Å². The minimum Gasteiger partial charge on any atom is -0.491 e. The summed E-state index contributed by atoms with van der Waals surface area (Å²) in [4.78, 5) is 24.0. The Kier molecular flexibility index (Phi) is 9.47. The summed E-state index contributed by atoms with van der Waals surface area (Å²) in [7, 11) is 3.20. The van der Waals surface area contributed by atoms with E-state index in [0.29, 0.717) is 37.6 Å². The molecule has 0 spiro atoms. The van der Waals surface area contributed by atoms with Crippen molar-refractivity contribution in [3.8, 4) is 5.75 Å². The van der Waals surface area contributed by atoms with Crippen molar-refractivity contribution in [2.45, 2.75) is 0 Å². The molecule has 0 radical (unpaired) electrons. The number of carbonyl (C=O) groups is 2. The maximum absolute atomic E-state index is 12.1. The van der Waals surface area contributed by atoms with Crippen molar-refractivity contribution in [2.75, 3.05) is 57.8 Å². The van der Waals surface area contributed by atoms with E-state index >= 15 is 0 Å². The number of carbonyl (C=O) groups excluding carboxylic acids is 2. The van der Waals surface area contributed by atoms with E-state index in [2.05, 4.69) is 16.0 Å². The van der Waals surface area contributed by atoms with Crippen molar-refractivity contribution < 1.29 is 23.8 Å². The second-order valence-electron chi connectivity index (χ2n) is 6.09. The molecule has 2 amide bonds. The Balaban J connectivity index is 1.75. The molecule has 3 N–H and O–H groups in total. The van der Waals surface area contributed by atoms with Crippen LogP contribution in [0.4, 0.5) is 11.4 Å². The van der Waals surface area contributed by atoms with Crippen LogP contribution in [-0.2, 0) is 14.3 Å². The van der Waals surface area contributed by atoms with Gasteiger partial charge in [-0.15, -0.1) is 0 Å². The number of hydrogen-bond acceptors (Lipinski definition) is 6. The van der Waals surface area contributed by atoms with E-state index in [4.69, 9.17) is 14.2 Å². The zero-order valence-electron chi connectivity index (χ0n) is 16.7. The number of nitrogens with one attached hydrogen (secondary N) is 3. The monoisotopic (exact) mass is 401 g/mol. The van der Waals surface area contributed by atoms with Gasteiger partial charge in [-0.3, -0.25) is 9.59 Å². The van der Waals surface area contributed by atoms with E-state index in [9.17, 15) is 9.59 Å². The van der Waals surface area contributed by atoms with Crippen LogP contribution in [0.2, 0.25) is 0 Å². The van der Waals surface area contributed by atoms with Crippen molar-refractivity contribution in [1.29, 1.82) is 0 Å². The highest BCUT2D eigenvalue weighted by Crippen LogP contribution is 2.15. The molecule has 0 aliphatic heterocycles. The maximum atomic E-state index is 12.1. The first-order chi connectivity index (χ1) is 14.1. The van der Waals surface area contributed by atoms with Gasteiger partial charge in [-0.05, 0) is 48.5 Å². The number of ether oxygens (including phenoxy) is 3. The van der Waals surface area contributed by atoms with Gasteiger partial charge in [0.05, 0.1) is 19.8 Å². The van der Waals surface area contributed by atoms with E-state index in [1.807, 2.05) is 24.3 Å². The number of hydrogen-bond donors (Lipinski definition) is 3. The summed E-state index contributed by atoms with van der Waals surface area (Å²) < 4.78 is 15.3. The number of benzene rings is 2. The molecule has 0 fully saturated rings. The topological polar surface area (TPSA) is 97.9 Å². The van der Waals surface area contributed by atoms with Gasteiger partial charge in [-0.2, -0.15) is 0 Å². The third kappa shape index (κ3) is 8.20. The van der Waals surface area contributed by atoms with Gasteiger partial charge in [0.2, 0.25) is 5.91 Å². The highest BCUT2D eigenvalue weighted by Gasteiger charge is 2.06. The van der Waals surface area contributed by atoms with Crippen molar-refractivity contribution in [2.24, 2.45) is 0 Å². The summed E-state index contributed by atoms with van der Waals surface area (Å²) in [6.45, 7) is 2.03. The van der Waals surface area contributed by atoms with Crippen molar-refractivity contribution in [3.05, 3.63) is 54.1 Å². The van der Waals surface area contributed by atoms with E-state index < -0.39 is 0 Å². The molecule has 156 valence electrons. The molecule has 0 atom stereocenters. The minimum atomic E-state index is -0.192. The largest absolute Gasteiger partial charge is 0.491 e. The van der Waals surface area contributed by atoms with Gasteiger partial charge in [0.25, 0.3) is 5.91 Å². The molecule has 8 heteroatoms. The lowest BCUT2D eigenvalue weighted by Crippen LogP contribution is -2.27. The predicted octanol–water partition coefficient (Wildman–Crippen LogP) is 2.14. The van der Waals surface area contributed by atoms with E-state index in [-0.39, 0.29) is 18.4 Å². The highest BCUT2D eigenvalue weighted by atomic mass is 16.5. The van der Waals surface area contributed by atoms with Crippen LogP contribution in [0, 0.1) is 0 Å². The van der Waals surface area contributed by atoms with Crippen molar-refractivity contribution in [1.82, 2.24) is 5.32 Å². The van der Waals surface area contributed by atoms with Gasteiger partial charge in [0, 0.05) is 37.7 Å². The molecule has 2 aromatic carbocycles. The maximum Gasteiger partial charge on any atom is 0.251 e. The van der Waals surface area contributed by atoms with Crippen LogP contribution < -0.4 is 20.7 Å². The molecule has 29 heavy (non-hydrogen) atoms. The van der Waals surface area contributed by atoms with Gasteiger partial charge < -0.3 is 30.2 Å². The summed E-state index contributed by atoms with van der Waals surface area (Å²) in [5.41, 5.74) is 1.94. The molecule has 0 saturated carbocycles. The lowest BCUT2D eigenvalue weighted by molar-refractivity contribution is -0.114. The highest BCUT2D eigenvalue weighted by molar-refractivity contribution is 5.96. The van der Waals surface area contributed by atoms with E-state index in [1.165, 1.54) is 0 Å². The zero-order chi connectivity index (χ0) is 20.9.